The third kappa shape index (κ3) is 3.56. The molecule has 1 atom stereocenters. The molecule has 1 amide bonds. The number of ether oxygens (including phenoxy) is 1. The van der Waals surface area contributed by atoms with E-state index in [0.29, 0.717) is 4.75 Å². The number of hydrogen-bond acceptors (Lipinski definition) is 6. The molecule has 2 fully saturated rings. The molecule has 2 aliphatic heterocycles. The van der Waals surface area contributed by atoms with Crippen LogP contribution < -0.4 is 0 Å². The first-order valence-electron chi connectivity index (χ1n) is 7.98. The normalized spacial score (nSPS) is 23.2. The number of amides is 1. The molecular formula is C16H25N3O3S. The molecule has 0 saturated carbocycles. The van der Waals surface area contributed by atoms with E-state index in [9.17, 15) is 4.79 Å². The number of carbonyl (C=O) groups is 1. The summed E-state index contributed by atoms with van der Waals surface area (Å²) in [5.41, 5.74) is 2.21. The zero-order valence-corrected chi connectivity index (χ0v) is 15.1. The van der Waals surface area contributed by atoms with Crippen molar-refractivity contribution < 1.29 is 14.1 Å². The zero-order chi connectivity index (χ0) is 16.6. The van der Waals surface area contributed by atoms with Gasteiger partial charge in [-0.3, -0.25) is 9.69 Å². The molecule has 0 unspecified atom stereocenters. The van der Waals surface area contributed by atoms with Gasteiger partial charge in [-0.05, 0) is 20.3 Å². The zero-order valence-electron chi connectivity index (χ0n) is 14.3. The number of likely N-dealkylation sites (tertiary alicyclic amines) is 1. The van der Waals surface area contributed by atoms with Gasteiger partial charge in [0.1, 0.15) is 12.4 Å². The number of thioether (sulfide) groups is 1. The van der Waals surface area contributed by atoms with E-state index in [1.54, 1.807) is 19.0 Å². The predicted octanol–water partition coefficient (Wildman–Crippen LogP) is 1.46. The Kier molecular flexibility index (Phi) is 4.71. The summed E-state index contributed by atoms with van der Waals surface area (Å²) in [6, 6.07) is 0. The van der Waals surface area contributed by atoms with Gasteiger partial charge in [0.05, 0.1) is 11.8 Å². The SMILES string of the molecule is Cc1noc(C)c1CN1CC2(C[C@@H](OCC(=O)N(C)C)CS2)C1. The molecule has 6 nitrogen and oxygen atoms in total. The topological polar surface area (TPSA) is 58.8 Å². The maximum absolute atomic E-state index is 11.6. The second-order valence-electron chi connectivity index (χ2n) is 6.87. The van der Waals surface area contributed by atoms with Gasteiger partial charge < -0.3 is 14.2 Å². The maximum Gasteiger partial charge on any atom is 0.248 e. The summed E-state index contributed by atoms with van der Waals surface area (Å²) in [6.45, 7) is 7.22. The second-order valence-corrected chi connectivity index (χ2v) is 8.36. The van der Waals surface area contributed by atoms with E-state index in [-0.39, 0.29) is 18.6 Å². The standard InChI is InChI=1S/C16H25N3O3S/c1-11-14(12(2)22-17-11)6-19-9-16(10-19)5-13(8-23-16)21-7-15(20)18(3)4/h13H,5-10H2,1-4H3/t13-/m1/s1. The quantitative estimate of drug-likeness (QED) is 0.809. The van der Waals surface area contributed by atoms with Crippen LogP contribution in [-0.2, 0) is 16.1 Å². The molecule has 7 heteroatoms. The molecule has 3 rings (SSSR count). The van der Waals surface area contributed by atoms with E-state index in [0.717, 1.165) is 43.3 Å². The highest BCUT2D eigenvalue weighted by molar-refractivity contribution is 8.01. The van der Waals surface area contributed by atoms with Crippen molar-refractivity contribution >= 4 is 17.7 Å². The van der Waals surface area contributed by atoms with Crippen molar-refractivity contribution in [2.45, 2.75) is 37.7 Å². The predicted molar refractivity (Wildman–Crippen MR) is 89.5 cm³/mol. The Bertz CT molecular complexity index is 562. The minimum absolute atomic E-state index is 0.0320. The molecule has 1 aromatic rings. The molecule has 0 bridgehead atoms. The van der Waals surface area contributed by atoms with Gasteiger partial charge in [-0.25, -0.2) is 0 Å². The summed E-state index contributed by atoms with van der Waals surface area (Å²) >= 11 is 1.99. The number of nitrogens with zero attached hydrogens (tertiary/aromatic N) is 3. The summed E-state index contributed by atoms with van der Waals surface area (Å²) in [5.74, 6) is 1.94. The molecule has 1 aromatic heterocycles. The number of rotatable bonds is 5. The molecule has 0 aliphatic carbocycles. The first kappa shape index (κ1) is 16.8. The fraction of sp³-hybridized carbons (Fsp3) is 0.750. The van der Waals surface area contributed by atoms with Gasteiger partial charge in [-0.1, -0.05) is 5.16 Å². The maximum atomic E-state index is 11.6. The summed E-state index contributed by atoms with van der Waals surface area (Å²) in [7, 11) is 3.52. The van der Waals surface area contributed by atoms with Gasteiger partial charge >= 0.3 is 0 Å². The average molecular weight is 339 g/mol. The molecule has 2 aliphatic rings. The van der Waals surface area contributed by atoms with Crippen LogP contribution in [0.5, 0.6) is 0 Å². The van der Waals surface area contributed by atoms with Crippen molar-refractivity contribution in [2.75, 3.05) is 39.5 Å². The van der Waals surface area contributed by atoms with Gasteiger partial charge in [-0.2, -0.15) is 0 Å². The molecule has 0 radical (unpaired) electrons. The van der Waals surface area contributed by atoms with Crippen molar-refractivity contribution in [3.05, 3.63) is 17.0 Å². The lowest BCUT2D eigenvalue weighted by molar-refractivity contribution is -0.135. The number of likely N-dealkylation sites (N-methyl/N-ethyl adjacent to an activating group) is 1. The third-order valence-corrected chi connectivity index (χ3v) is 6.28. The number of hydrogen-bond donors (Lipinski definition) is 0. The van der Waals surface area contributed by atoms with Crippen LogP contribution >= 0.6 is 11.8 Å². The second kappa shape index (κ2) is 6.45. The summed E-state index contributed by atoms with van der Waals surface area (Å²) < 4.78 is 11.3. The van der Waals surface area contributed by atoms with Gasteiger partial charge in [0.15, 0.2) is 0 Å². The van der Waals surface area contributed by atoms with Crippen LogP contribution in [0.15, 0.2) is 4.52 Å². The van der Waals surface area contributed by atoms with E-state index >= 15 is 0 Å². The highest BCUT2D eigenvalue weighted by Crippen LogP contribution is 2.46. The molecule has 0 N–H and O–H groups in total. The Morgan fingerprint density at radius 1 is 1.48 bits per heavy atom. The lowest BCUT2D eigenvalue weighted by atomic mass is 9.92. The van der Waals surface area contributed by atoms with Crippen molar-refractivity contribution in [1.82, 2.24) is 15.0 Å². The van der Waals surface area contributed by atoms with Crippen molar-refractivity contribution in [3.8, 4) is 0 Å². The molecule has 128 valence electrons. The Balaban J connectivity index is 1.45. The van der Waals surface area contributed by atoms with Crippen LogP contribution in [-0.4, -0.2) is 71.3 Å². The first-order chi connectivity index (χ1) is 10.9. The minimum Gasteiger partial charge on any atom is -0.367 e. The Morgan fingerprint density at radius 3 is 2.83 bits per heavy atom. The summed E-state index contributed by atoms with van der Waals surface area (Å²) in [6.07, 6.45) is 1.24. The van der Waals surface area contributed by atoms with E-state index in [4.69, 9.17) is 9.26 Å². The van der Waals surface area contributed by atoms with Crippen molar-refractivity contribution in [1.29, 1.82) is 0 Å². The van der Waals surface area contributed by atoms with Crippen molar-refractivity contribution in [2.24, 2.45) is 0 Å². The van der Waals surface area contributed by atoms with Gasteiger partial charge in [-0.15, -0.1) is 11.8 Å². The van der Waals surface area contributed by atoms with E-state index in [1.165, 1.54) is 5.56 Å². The highest BCUT2D eigenvalue weighted by atomic mass is 32.2. The minimum atomic E-state index is 0.0320. The van der Waals surface area contributed by atoms with E-state index < -0.39 is 0 Å². The Morgan fingerprint density at radius 2 is 2.22 bits per heavy atom. The van der Waals surface area contributed by atoms with E-state index in [1.807, 2.05) is 25.6 Å². The van der Waals surface area contributed by atoms with Crippen LogP contribution in [0.4, 0.5) is 0 Å². The smallest absolute Gasteiger partial charge is 0.248 e. The number of carbonyl (C=O) groups excluding carboxylic acids is 1. The molecule has 1 spiro atoms. The lowest BCUT2D eigenvalue weighted by Crippen LogP contribution is -2.58. The number of aromatic nitrogens is 1. The van der Waals surface area contributed by atoms with Gasteiger partial charge in [0.2, 0.25) is 5.91 Å². The molecule has 2 saturated heterocycles. The largest absolute Gasteiger partial charge is 0.367 e. The fourth-order valence-corrected chi connectivity index (χ4v) is 4.88. The van der Waals surface area contributed by atoms with Gasteiger partial charge in [0.25, 0.3) is 0 Å². The van der Waals surface area contributed by atoms with Crippen LogP contribution in [0.3, 0.4) is 0 Å². The average Bonchev–Trinajstić information content (AvgIpc) is 3.03. The lowest BCUT2D eigenvalue weighted by Gasteiger charge is -2.47. The summed E-state index contributed by atoms with van der Waals surface area (Å²) in [4.78, 5) is 15.6. The fourth-order valence-electron chi connectivity index (χ4n) is 3.28. The summed E-state index contributed by atoms with van der Waals surface area (Å²) in [5, 5.41) is 4.02. The van der Waals surface area contributed by atoms with Crippen LogP contribution in [0.2, 0.25) is 0 Å². The van der Waals surface area contributed by atoms with Crippen LogP contribution in [0, 0.1) is 13.8 Å². The number of aryl methyl sites for hydroxylation is 2. The highest BCUT2D eigenvalue weighted by Gasteiger charge is 2.49. The molecule has 23 heavy (non-hydrogen) atoms. The van der Waals surface area contributed by atoms with Crippen molar-refractivity contribution in [3.63, 3.8) is 0 Å². The van der Waals surface area contributed by atoms with Gasteiger partial charge in [0, 0.05) is 49.8 Å². The van der Waals surface area contributed by atoms with Crippen LogP contribution in [0.25, 0.3) is 0 Å². The molecule has 0 aromatic carbocycles. The molecular weight excluding hydrogens is 314 g/mol. The monoisotopic (exact) mass is 339 g/mol. The Hall–Kier alpha value is -1.05. The third-order valence-electron chi connectivity index (χ3n) is 4.70. The first-order valence-corrected chi connectivity index (χ1v) is 8.97. The molecule has 3 heterocycles. The Labute approximate surface area is 141 Å². The van der Waals surface area contributed by atoms with Crippen LogP contribution in [0.1, 0.15) is 23.4 Å². The van der Waals surface area contributed by atoms with E-state index in [2.05, 4.69) is 10.1 Å².